The maximum Gasteiger partial charge on any atom is 0.261 e. The molecule has 0 heterocycles. The van der Waals surface area contributed by atoms with Crippen molar-refractivity contribution < 1.29 is 8.42 Å². The lowest BCUT2D eigenvalue weighted by Gasteiger charge is -2.20. The lowest BCUT2D eigenvalue weighted by molar-refractivity contribution is 0.601. The first kappa shape index (κ1) is 23.5. The molecule has 6 heteroatoms. The topological polar surface area (TPSA) is 61.8 Å². The van der Waals surface area contributed by atoms with Gasteiger partial charge in [0.25, 0.3) is 10.0 Å². The molecule has 3 rings (SSSR count). The summed E-state index contributed by atoms with van der Waals surface area (Å²) in [4.78, 5) is 6.98. The van der Waals surface area contributed by atoms with Crippen molar-refractivity contribution in [3.8, 4) is 0 Å². The highest BCUT2D eigenvalue weighted by atomic mass is 32.2. The van der Waals surface area contributed by atoms with Crippen LogP contribution in [0.25, 0.3) is 0 Å². The second-order valence-corrected chi connectivity index (χ2v) is 9.58. The van der Waals surface area contributed by atoms with Crippen LogP contribution in [0.5, 0.6) is 0 Å². The Morgan fingerprint density at radius 3 is 1.97 bits per heavy atom. The maximum atomic E-state index is 12.9. The number of rotatable bonds is 8. The Morgan fingerprint density at radius 1 is 0.875 bits per heavy atom. The molecule has 0 unspecified atom stereocenters. The van der Waals surface area contributed by atoms with Gasteiger partial charge in [0.15, 0.2) is 0 Å². The number of aliphatic imine (C=N–C) groups is 1. The Kier molecular flexibility index (Phi) is 7.36. The number of sulfonamides is 1. The molecule has 3 aromatic carbocycles. The summed E-state index contributed by atoms with van der Waals surface area (Å²) in [5.41, 5.74) is 6.41. The van der Waals surface area contributed by atoms with Crippen LogP contribution in [0.3, 0.4) is 0 Å². The Labute approximate surface area is 191 Å². The van der Waals surface area contributed by atoms with Crippen molar-refractivity contribution in [1.82, 2.24) is 0 Å². The normalized spacial score (nSPS) is 11.7. The molecule has 0 saturated heterocycles. The summed E-state index contributed by atoms with van der Waals surface area (Å²) in [6.07, 6.45) is 1.78. The third kappa shape index (κ3) is 5.56. The van der Waals surface area contributed by atoms with Crippen molar-refractivity contribution in [3.63, 3.8) is 0 Å². The van der Waals surface area contributed by atoms with Crippen LogP contribution in [-0.4, -0.2) is 27.7 Å². The molecule has 0 atom stereocenters. The van der Waals surface area contributed by atoms with Gasteiger partial charge in [0.05, 0.1) is 16.3 Å². The van der Waals surface area contributed by atoms with E-state index in [9.17, 15) is 8.42 Å². The van der Waals surface area contributed by atoms with Gasteiger partial charge in [-0.15, -0.1) is 0 Å². The fraction of sp³-hybridized carbons (Fsp3) is 0.269. The van der Waals surface area contributed by atoms with E-state index in [-0.39, 0.29) is 4.90 Å². The van der Waals surface area contributed by atoms with E-state index in [1.54, 1.807) is 30.5 Å². The SMILES string of the molecule is CCN(CC)c1ccc(C=Nc2ccc(S(=O)(=O)Nc3c(C)cc(C)cc3C)cc2)cc1. The van der Waals surface area contributed by atoms with Crippen molar-refractivity contribution in [2.24, 2.45) is 4.99 Å². The molecule has 0 fully saturated rings. The fourth-order valence-corrected chi connectivity index (χ4v) is 4.96. The largest absolute Gasteiger partial charge is 0.372 e. The van der Waals surface area contributed by atoms with Gasteiger partial charge in [0.2, 0.25) is 0 Å². The van der Waals surface area contributed by atoms with Crippen LogP contribution in [0.4, 0.5) is 17.1 Å². The van der Waals surface area contributed by atoms with Crippen molar-refractivity contribution >= 4 is 33.3 Å². The van der Waals surface area contributed by atoms with Crippen LogP contribution >= 0.6 is 0 Å². The van der Waals surface area contributed by atoms with E-state index in [4.69, 9.17) is 0 Å². The summed E-state index contributed by atoms with van der Waals surface area (Å²) in [5, 5.41) is 0. The molecule has 0 aliphatic rings. The molecular weight excluding hydrogens is 418 g/mol. The highest BCUT2D eigenvalue weighted by Crippen LogP contribution is 2.26. The zero-order chi connectivity index (χ0) is 23.3. The Bertz CT molecular complexity index is 1170. The van der Waals surface area contributed by atoms with Crippen LogP contribution in [0.1, 0.15) is 36.1 Å². The fourth-order valence-electron chi connectivity index (χ4n) is 3.75. The average molecular weight is 450 g/mol. The van der Waals surface area contributed by atoms with Crippen molar-refractivity contribution in [2.45, 2.75) is 39.5 Å². The van der Waals surface area contributed by atoms with Crippen LogP contribution < -0.4 is 9.62 Å². The van der Waals surface area contributed by atoms with E-state index >= 15 is 0 Å². The molecule has 0 aliphatic carbocycles. The predicted molar refractivity (Wildman–Crippen MR) is 135 cm³/mol. The molecule has 168 valence electrons. The lowest BCUT2D eigenvalue weighted by atomic mass is 10.1. The quantitative estimate of drug-likeness (QED) is 0.428. The van der Waals surface area contributed by atoms with Gasteiger partial charge in [-0.05, 0) is 87.7 Å². The summed E-state index contributed by atoms with van der Waals surface area (Å²) >= 11 is 0. The number of nitrogens with zero attached hydrogens (tertiary/aromatic N) is 2. The van der Waals surface area contributed by atoms with Gasteiger partial charge in [-0.1, -0.05) is 29.8 Å². The number of benzene rings is 3. The lowest BCUT2D eigenvalue weighted by Crippen LogP contribution is -2.21. The van der Waals surface area contributed by atoms with Crippen LogP contribution in [-0.2, 0) is 10.0 Å². The first-order valence-electron chi connectivity index (χ1n) is 10.8. The van der Waals surface area contributed by atoms with E-state index in [2.05, 4.69) is 40.6 Å². The first-order valence-corrected chi connectivity index (χ1v) is 12.3. The predicted octanol–water partition coefficient (Wildman–Crippen LogP) is 6.01. The number of hydrogen-bond acceptors (Lipinski definition) is 4. The summed E-state index contributed by atoms with van der Waals surface area (Å²) in [7, 11) is -3.68. The van der Waals surface area contributed by atoms with Gasteiger partial charge in [-0.25, -0.2) is 8.42 Å². The number of nitrogens with one attached hydrogen (secondary N) is 1. The van der Waals surface area contributed by atoms with Crippen LogP contribution in [0.2, 0.25) is 0 Å². The first-order chi connectivity index (χ1) is 15.2. The molecule has 0 aromatic heterocycles. The zero-order valence-corrected chi connectivity index (χ0v) is 20.2. The van der Waals surface area contributed by atoms with E-state index in [0.29, 0.717) is 11.4 Å². The van der Waals surface area contributed by atoms with Crippen molar-refractivity contribution in [3.05, 3.63) is 82.9 Å². The van der Waals surface area contributed by atoms with Crippen LogP contribution in [0, 0.1) is 20.8 Å². The number of anilines is 2. The number of hydrogen-bond donors (Lipinski definition) is 1. The van der Waals surface area contributed by atoms with E-state index in [0.717, 1.165) is 35.3 Å². The third-order valence-electron chi connectivity index (χ3n) is 5.44. The van der Waals surface area contributed by atoms with E-state index in [1.165, 1.54) is 5.69 Å². The zero-order valence-electron chi connectivity index (χ0n) is 19.4. The molecule has 0 aliphatic heterocycles. The molecule has 3 aromatic rings. The maximum absolute atomic E-state index is 12.9. The molecule has 0 saturated carbocycles. The second kappa shape index (κ2) is 10.0. The van der Waals surface area contributed by atoms with Gasteiger partial charge in [0.1, 0.15) is 0 Å². The van der Waals surface area contributed by atoms with Gasteiger partial charge >= 0.3 is 0 Å². The monoisotopic (exact) mass is 449 g/mol. The van der Waals surface area contributed by atoms with Crippen LogP contribution in [0.15, 0.2) is 70.6 Å². The summed E-state index contributed by atoms with van der Waals surface area (Å²) < 4.78 is 28.5. The van der Waals surface area contributed by atoms with E-state index < -0.39 is 10.0 Å². The molecular formula is C26H31N3O2S. The minimum atomic E-state index is -3.68. The Balaban J connectivity index is 1.73. The average Bonchev–Trinajstić information content (AvgIpc) is 2.77. The van der Waals surface area contributed by atoms with Crippen molar-refractivity contribution in [2.75, 3.05) is 22.7 Å². The highest BCUT2D eigenvalue weighted by molar-refractivity contribution is 7.92. The van der Waals surface area contributed by atoms with E-state index in [1.807, 2.05) is 45.0 Å². The molecule has 5 nitrogen and oxygen atoms in total. The number of aryl methyl sites for hydroxylation is 3. The molecule has 0 bridgehead atoms. The minimum absolute atomic E-state index is 0.208. The smallest absolute Gasteiger partial charge is 0.261 e. The molecule has 1 N–H and O–H groups in total. The molecule has 0 amide bonds. The summed E-state index contributed by atoms with van der Waals surface area (Å²) in [5.74, 6) is 0. The summed E-state index contributed by atoms with van der Waals surface area (Å²) in [6.45, 7) is 12.0. The van der Waals surface area contributed by atoms with Gasteiger partial charge in [-0.3, -0.25) is 9.71 Å². The molecule has 0 spiro atoms. The molecule has 32 heavy (non-hydrogen) atoms. The van der Waals surface area contributed by atoms with Gasteiger partial charge < -0.3 is 4.90 Å². The highest BCUT2D eigenvalue weighted by Gasteiger charge is 2.16. The molecule has 0 radical (unpaired) electrons. The van der Waals surface area contributed by atoms with Crippen molar-refractivity contribution in [1.29, 1.82) is 0 Å². The Morgan fingerprint density at radius 2 is 1.44 bits per heavy atom. The third-order valence-corrected chi connectivity index (χ3v) is 6.81. The summed E-state index contributed by atoms with van der Waals surface area (Å²) in [6, 6.07) is 18.8. The van der Waals surface area contributed by atoms with Gasteiger partial charge in [0, 0.05) is 25.0 Å². The van der Waals surface area contributed by atoms with Gasteiger partial charge in [-0.2, -0.15) is 0 Å². The standard InChI is InChI=1S/C26H31N3O2S/c1-6-29(7-2)24-12-8-22(9-13-24)18-27-23-10-14-25(15-11-23)32(30,31)28-26-20(4)16-19(3)17-21(26)5/h8-18,28H,6-7H2,1-5H3. The second-order valence-electron chi connectivity index (χ2n) is 7.90. The Hall–Kier alpha value is -3.12. The minimum Gasteiger partial charge on any atom is -0.372 e.